The van der Waals surface area contributed by atoms with E-state index in [1.54, 1.807) is 0 Å². The number of rotatable bonds is 7. The maximum atomic E-state index is 6.05. The molecule has 0 radical (unpaired) electrons. The molecular weight excluding hydrogens is 266 g/mol. The highest BCUT2D eigenvalue weighted by Gasteiger charge is 2.36. The highest BCUT2D eigenvalue weighted by molar-refractivity contribution is 4.91. The highest BCUT2D eigenvalue weighted by atomic mass is 16.5. The Kier molecular flexibility index (Phi) is 5.70. The topological polar surface area (TPSA) is 64.9 Å². The molecule has 0 amide bonds. The van der Waals surface area contributed by atoms with Gasteiger partial charge in [0, 0.05) is 6.61 Å². The van der Waals surface area contributed by atoms with E-state index in [1.807, 2.05) is 4.68 Å². The lowest BCUT2D eigenvalue weighted by Crippen LogP contribution is -2.40. The average Bonchev–Trinajstić information content (AvgIpc) is 2.95. The third-order valence-electron chi connectivity index (χ3n) is 4.50. The van der Waals surface area contributed by atoms with Crippen LogP contribution in [0, 0.1) is 5.92 Å². The molecule has 2 rings (SSSR count). The predicted octanol–water partition coefficient (Wildman–Crippen LogP) is 2.33. The number of nitrogens with zero attached hydrogens (tertiary/aromatic N) is 4. The minimum Gasteiger partial charge on any atom is -0.375 e. The van der Waals surface area contributed by atoms with Crippen LogP contribution < -0.4 is 5.32 Å². The first-order valence-corrected chi connectivity index (χ1v) is 8.21. The second kappa shape index (κ2) is 7.31. The van der Waals surface area contributed by atoms with Gasteiger partial charge in [-0.3, -0.25) is 0 Å². The van der Waals surface area contributed by atoms with Gasteiger partial charge in [0.2, 0.25) is 0 Å². The zero-order chi connectivity index (χ0) is 15.3. The third kappa shape index (κ3) is 4.01. The molecule has 1 N–H and O–H groups in total. The molecule has 1 fully saturated rings. The van der Waals surface area contributed by atoms with Gasteiger partial charge in [0.1, 0.15) is 0 Å². The van der Waals surface area contributed by atoms with Crippen LogP contribution in [0.2, 0.25) is 0 Å². The zero-order valence-corrected chi connectivity index (χ0v) is 13.8. The molecule has 0 bridgehead atoms. The maximum Gasteiger partial charge on any atom is 0.165 e. The summed E-state index contributed by atoms with van der Waals surface area (Å²) in [5, 5.41) is 15.7. The Morgan fingerprint density at radius 2 is 2.14 bits per heavy atom. The largest absolute Gasteiger partial charge is 0.375 e. The zero-order valence-electron chi connectivity index (χ0n) is 13.8. The monoisotopic (exact) mass is 295 g/mol. The molecule has 0 spiro atoms. The Morgan fingerprint density at radius 3 is 2.81 bits per heavy atom. The molecule has 6 heteroatoms. The van der Waals surface area contributed by atoms with Crippen LogP contribution in [0.3, 0.4) is 0 Å². The van der Waals surface area contributed by atoms with E-state index < -0.39 is 0 Å². The molecule has 2 heterocycles. The molecule has 1 aliphatic heterocycles. The fourth-order valence-corrected chi connectivity index (χ4v) is 3.04. The molecule has 120 valence electrons. The SMILES string of the molecule is CCC1(CC)CC(n2nnnc2CNCC(C)C)CCO1. The summed E-state index contributed by atoms with van der Waals surface area (Å²) in [6.45, 7) is 11.3. The summed E-state index contributed by atoms with van der Waals surface area (Å²) < 4.78 is 8.06. The van der Waals surface area contributed by atoms with Gasteiger partial charge in [-0.2, -0.15) is 0 Å². The van der Waals surface area contributed by atoms with Crippen LogP contribution in [-0.4, -0.2) is 39.0 Å². The summed E-state index contributed by atoms with van der Waals surface area (Å²) in [6.07, 6.45) is 4.08. The molecule has 1 aromatic heterocycles. The third-order valence-corrected chi connectivity index (χ3v) is 4.50. The van der Waals surface area contributed by atoms with Crippen molar-refractivity contribution in [3.05, 3.63) is 5.82 Å². The summed E-state index contributed by atoms with van der Waals surface area (Å²) in [5.74, 6) is 1.56. The number of hydrogen-bond donors (Lipinski definition) is 1. The molecule has 21 heavy (non-hydrogen) atoms. The van der Waals surface area contributed by atoms with Crippen LogP contribution in [0.1, 0.15) is 65.2 Å². The van der Waals surface area contributed by atoms with Gasteiger partial charge in [-0.1, -0.05) is 27.7 Å². The van der Waals surface area contributed by atoms with Crippen molar-refractivity contribution in [2.75, 3.05) is 13.2 Å². The van der Waals surface area contributed by atoms with Crippen LogP contribution in [0.15, 0.2) is 0 Å². The standard InChI is InChI=1S/C15H29N5O/c1-5-15(6-2)9-13(7-8-21-15)20-14(17-18-19-20)11-16-10-12(3)4/h12-13,16H,5-11H2,1-4H3. The van der Waals surface area contributed by atoms with Crippen molar-refractivity contribution in [2.45, 2.75) is 71.6 Å². The number of nitrogens with one attached hydrogen (secondary N) is 1. The summed E-state index contributed by atoms with van der Waals surface area (Å²) in [4.78, 5) is 0. The first kappa shape index (κ1) is 16.4. The Labute approximate surface area is 127 Å². The molecule has 1 aromatic rings. The van der Waals surface area contributed by atoms with Gasteiger partial charge >= 0.3 is 0 Å². The van der Waals surface area contributed by atoms with Crippen LogP contribution >= 0.6 is 0 Å². The Morgan fingerprint density at radius 1 is 1.38 bits per heavy atom. The van der Waals surface area contributed by atoms with E-state index in [-0.39, 0.29) is 5.60 Å². The lowest BCUT2D eigenvalue weighted by molar-refractivity contribution is -0.101. The van der Waals surface area contributed by atoms with Crippen LogP contribution in [-0.2, 0) is 11.3 Å². The molecule has 0 aromatic carbocycles. The number of hydrogen-bond acceptors (Lipinski definition) is 5. The smallest absolute Gasteiger partial charge is 0.165 e. The summed E-state index contributed by atoms with van der Waals surface area (Å²) >= 11 is 0. The minimum absolute atomic E-state index is 0.00248. The highest BCUT2D eigenvalue weighted by Crippen LogP contribution is 2.36. The van der Waals surface area contributed by atoms with E-state index in [0.717, 1.165) is 51.2 Å². The summed E-state index contributed by atoms with van der Waals surface area (Å²) in [5.41, 5.74) is -0.00248. The molecule has 1 unspecified atom stereocenters. The Bertz CT molecular complexity index is 427. The number of ether oxygens (including phenoxy) is 1. The lowest BCUT2D eigenvalue weighted by Gasteiger charge is -2.40. The van der Waals surface area contributed by atoms with Crippen molar-refractivity contribution in [1.29, 1.82) is 0 Å². The normalized spacial score (nSPS) is 21.9. The van der Waals surface area contributed by atoms with Crippen LogP contribution in [0.4, 0.5) is 0 Å². The van der Waals surface area contributed by atoms with E-state index in [9.17, 15) is 0 Å². The van der Waals surface area contributed by atoms with Crippen molar-refractivity contribution in [2.24, 2.45) is 5.92 Å². The molecule has 6 nitrogen and oxygen atoms in total. The van der Waals surface area contributed by atoms with Gasteiger partial charge < -0.3 is 10.1 Å². The van der Waals surface area contributed by atoms with E-state index in [4.69, 9.17) is 4.74 Å². The molecule has 1 saturated heterocycles. The predicted molar refractivity (Wildman–Crippen MR) is 81.9 cm³/mol. The van der Waals surface area contributed by atoms with Gasteiger partial charge in [-0.05, 0) is 48.6 Å². The van der Waals surface area contributed by atoms with E-state index in [0.29, 0.717) is 12.0 Å². The Hall–Kier alpha value is -1.01. The van der Waals surface area contributed by atoms with Crippen molar-refractivity contribution < 1.29 is 4.74 Å². The second-order valence-corrected chi connectivity index (χ2v) is 6.45. The molecule has 0 aliphatic carbocycles. The van der Waals surface area contributed by atoms with Gasteiger partial charge in [0.05, 0.1) is 18.2 Å². The van der Waals surface area contributed by atoms with Crippen LogP contribution in [0.5, 0.6) is 0 Å². The first-order chi connectivity index (χ1) is 10.1. The number of aromatic nitrogens is 4. The lowest BCUT2D eigenvalue weighted by atomic mass is 9.86. The molecular formula is C15H29N5O. The minimum atomic E-state index is -0.00248. The van der Waals surface area contributed by atoms with Gasteiger partial charge in [0.25, 0.3) is 0 Å². The number of tetrazole rings is 1. The van der Waals surface area contributed by atoms with Crippen molar-refractivity contribution in [3.8, 4) is 0 Å². The van der Waals surface area contributed by atoms with E-state index >= 15 is 0 Å². The fraction of sp³-hybridized carbons (Fsp3) is 0.933. The van der Waals surface area contributed by atoms with Crippen molar-refractivity contribution >= 4 is 0 Å². The molecule has 0 saturated carbocycles. The van der Waals surface area contributed by atoms with E-state index in [2.05, 4.69) is 48.5 Å². The quantitative estimate of drug-likeness (QED) is 0.836. The molecule has 1 aliphatic rings. The Balaban J connectivity index is 2.02. The summed E-state index contributed by atoms with van der Waals surface area (Å²) in [6, 6.07) is 0.351. The van der Waals surface area contributed by atoms with Crippen LogP contribution in [0.25, 0.3) is 0 Å². The first-order valence-electron chi connectivity index (χ1n) is 8.21. The average molecular weight is 295 g/mol. The maximum absolute atomic E-state index is 6.05. The van der Waals surface area contributed by atoms with Crippen molar-refractivity contribution in [3.63, 3.8) is 0 Å². The van der Waals surface area contributed by atoms with E-state index in [1.165, 1.54) is 0 Å². The summed E-state index contributed by atoms with van der Waals surface area (Å²) in [7, 11) is 0. The van der Waals surface area contributed by atoms with Gasteiger partial charge in [-0.15, -0.1) is 5.10 Å². The molecule has 1 atom stereocenters. The second-order valence-electron chi connectivity index (χ2n) is 6.45. The fourth-order valence-electron chi connectivity index (χ4n) is 3.04. The van der Waals surface area contributed by atoms with Crippen molar-refractivity contribution in [1.82, 2.24) is 25.5 Å². The van der Waals surface area contributed by atoms with Gasteiger partial charge in [-0.25, -0.2) is 4.68 Å². The van der Waals surface area contributed by atoms with Gasteiger partial charge in [0.15, 0.2) is 5.82 Å².